The van der Waals surface area contributed by atoms with Crippen LogP contribution in [0.3, 0.4) is 0 Å². The summed E-state index contributed by atoms with van der Waals surface area (Å²) in [4.78, 5) is 21.4. The Hall–Kier alpha value is -3.68. The van der Waals surface area contributed by atoms with E-state index in [4.69, 9.17) is 0 Å². The van der Waals surface area contributed by atoms with Crippen molar-refractivity contribution in [2.45, 2.75) is 61.9 Å². The Labute approximate surface area is 255 Å². The van der Waals surface area contributed by atoms with E-state index >= 15 is 0 Å². The third kappa shape index (κ3) is 6.00. The third-order valence-electron chi connectivity index (χ3n) is 8.77. The van der Waals surface area contributed by atoms with E-state index in [9.17, 15) is 43.9 Å². The number of aromatic nitrogens is 1. The molecular formula is C31H30F7N3O3S. The first kappa shape index (κ1) is 32.7. The van der Waals surface area contributed by atoms with E-state index in [1.165, 1.54) is 45.3 Å². The molecule has 2 aliphatic heterocycles. The summed E-state index contributed by atoms with van der Waals surface area (Å²) < 4.78 is 121. The van der Waals surface area contributed by atoms with Gasteiger partial charge in [-0.05, 0) is 86.7 Å². The van der Waals surface area contributed by atoms with E-state index in [1.807, 2.05) is 4.90 Å². The number of hydrogen-bond acceptors (Lipinski definition) is 5. The molecule has 45 heavy (non-hydrogen) atoms. The van der Waals surface area contributed by atoms with Crippen LogP contribution in [0.2, 0.25) is 0 Å². The Bertz CT molecular complexity index is 1720. The minimum absolute atomic E-state index is 0.00383. The lowest BCUT2D eigenvalue weighted by molar-refractivity contribution is -0.143. The molecular weight excluding hydrogens is 627 g/mol. The second-order valence-corrected chi connectivity index (χ2v) is 14.6. The minimum atomic E-state index is -5.10. The summed E-state index contributed by atoms with van der Waals surface area (Å²) >= 11 is 0. The van der Waals surface area contributed by atoms with Crippen molar-refractivity contribution in [1.82, 2.24) is 4.98 Å². The molecule has 1 aromatic heterocycles. The van der Waals surface area contributed by atoms with Gasteiger partial charge in [-0.3, -0.25) is 4.79 Å². The van der Waals surface area contributed by atoms with Gasteiger partial charge in [0.15, 0.2) is 9.84 Å². The molecule has 242 valence electrons. The molecule has 2 aromatic carbocycles. The molecule has 2 aliphatic rings. The molecule has 1 amide bonds. The van der Waals surface area contributed by atoms with Gasteiger partial charge in [-0.25, -0.2) is 17.8 Å². The highest BCUT2D eigenvalue weighted by Crippen LogP contribution is 2.42. The monoisotopic (exact) mass is 657 g/mol. The topological polar surface area (TPSA) is 70.6 Å². The van der Waals surface area contributed by atoms with E-state index in [2.05, 4.69) is 4.98 Å². The number of likely N-dealkylation sites (N-methyl/N-ethyl adjacent to an activating group) is 1. The van der Waals surface area contributed by atoms with Crippen LogP contribution in [-0.4, -0.2) is 49.9 Å². The number of aryl methyl sites for hydroxylation is 1. The summed E-state index contributed by atoms with van der Waals surface area (Å²) in [5.41, 5.74) is -3.89. The molecule has 3 heterocycles. The van der Waals surface area contributed by atoms with Crippen LogP contribution in [0.1, 0.15) is 48.9 Å². The Kier molecular flexibility index (Phi) is 7.99. The van der Waals surface area contributed by atoms with Crippen molar-refractivity contribution < 1.29 is 43.9 Å². The maximum absolute atomic E-state index is 14.1. The second kappa shape index (κ2) is 11.0. The first-order chi connectivity index (χ1) is 20.7. The van der Waals surface area contributed by atoms with E-state index in [1.54, 1.807) is 13.0 Å². The van der Waals surface area contributed by atoms with Gasteiger partial charge in [-0.1, -0.05) is 6.07 Å². The molecule has 2 fully saturated rings. The Morgan fingerprint density at radius 2 is 1.40 bits per heavy atom. The van der Waals surface area contributed by atoms with Crippen LogP contribution in [0.4, 0.5) is 42.2 Å². The van der Waals surface area contributed by atoms with E-state index in [-0.39, 0.29) is 24.8 Å². The summed E-state index contributed by atoms with van der Waals surface area (Å²) in [5.74, 6) is -0.926. The number of carbonyl (C=O) groups is 1. The number of amides is 1. The number of hydrogen-bond donors (Lipinski definition) is 0. The van der Waals surface area contributed by atoms with Gasteiger partial charge in [0.2, 0.25) is 5.91 Å². The summed E-state index contributed by atoms with van der Waals surface area (Å²) in [6.45, 7) is 4.53. The number of carbonyl (C=O) groups excluding carboxylic acids is 1. The number of halogens is 7. The summed E-state index contributed by atoms with van der Waals surface area (Å²) in [6, 6.07) is 6.69. The number of anilines is 2. The molecule has 0 radical (unpaired) electrons. The number of alkyl halides is 6. The first-order valence-electron chi connectivity index (χ1n) is 14.0. The van der Waals surface area contributed by atoms with Gasteiger partial charge in [0.25, 0.3) is 0 Å². The van der Waals surface area contributed by atoms with Gasteiger partial charge in [-0.15, -0.1) is 0 Å². The van der Waals surface area contributed by atoms with E-state index < -0.39 is 66.5 Å². The molecule has 0 N–H and O–H groups in total. The fourth-order valence-electron chi connectivity index (χ4n) is 6.11. The van der Waals surface area contributed by atoms with Crippen LogP contribution >= 0.6 is 0 Å². The Morgan fingerprint density at radius 3 is 1.91 bits per heavy atom. The number of fused-ring (bicyclic) bond motifs is 2. The second-order valence-electron chi connectivity index (χ2n) is 12.1. The molecule has 14 heteroatoms. The summed E-state index contributed by atoms with van der Waals surface area (Å²) in [7, 11) is -1.92. The van der Waals surface area contributed by atoms with Crippen molar-refractivity contribution in [1.29, 1.82) is 0 Å². The van der Waals surface area contributed by atoms with Crippen molar-refractivity contribution in [3.8, 4) is 11.1 Å². The highest BCUT2D eigenvalue weighted by atomic mass is 32.2. The normalized spacial score (nSPS) is 19.9. The van der Waals surface area contributed by atoms with Gasteiger partial charge in [0.1, 0.15) is 11.6 Å². The predicted molar refractivity (Wildman–Crippen MR) is 155 cm³/mol. The molecule has 5 rings (SSSR count). The van der Waals surface area contributed by atoms with Crippen LogP contribution in [0.5, 0.6) is 0 Å². The average molecular weight is 658 g/mol. The maximum Gasteiger partial charge on any atom is 0.416 e. The largest absolute Gasteiger partial charge is 0.416 e. The lowest BCUT2D eigenvalue weighted by atomic mass is 9.81. The van der Waals surface area contributed by atoms with E-state index in [0.717, 1.165) is 4.90 Å². The van der Waals surface area contributed by atoms with Gasteiger partial charge in [-0.2, -0.15) is 26.3 Å². The lowest BCUT2D eigenvalue weighted by Crippen LogP contribution is -2.47. The zero-order valence-electron chi connectivity index (χ0n) is 24.7. The zero-order valence-corrected chi connectivity index (χ0v) is 25.5. The number of nitrogens with zero attached hydrogens (tertiary/aromatic N) is 3. The maximum atomic E-state index is 14.1. The number of pyridine rings is 1. The fourth-order valence-corrected chi connectivity index (χ4v) is 8.36. The van der Waals surface area contributed by atoms with Gasteiger partial charge in [0.05, 0.1) is 38.9 Å². The molecule has 0 aliphatic carbocycles. The van der Waals surface area contributed by atoms with Crippen molar-refractivity contribution >= 4 is 27.2 Å². The minimum Gasteiger partial charge on any atom is -0.354 e. The predicted octanol–water partition coefficient (Wildman–Crippen LogP) is 6.94. The Balaban J connectivity index is 1.59. The van der Waals surface area contributed by atoms with E-state index in [0.29, 0.717) is 47.5 Å². The number of sulfone groups is 1. The first-order valence-corrected chi connectivity index (χ1v) is 15.6. The van der Waals surface area contributed by atoms with Crippen molar-refractivity contribution in [2.24, 2.45) is 0 Å². The van der Waals surface area contributed by atoms with Crippen molar-refractivity contribution in [2.75, 3.05) is 29.9 Å². The number of benzene rings is 2. The molecule has 0 spiro atoms. The molecule has 2 bridgehead atoms. The van der Waals surface area contributed by atoms with Gasteiger partial charge in [0, 0.05) is 25.7 Å². The smallest absolute Gasteiger partial charge is 0.354 e. The molecule has 2 unspecified atom stereocenters. The highest BCUT2D eigenvalue weighted by Gasteiger charge is 2.47. The van der Waals surface area contributed by atoms with Crippen LogP contribution in [0.15, 0.2) is 48.7 Å². The lowest BCUT2D eigenvalue weighted by Gasteiger charge is -2.34. The van der Waals surface area contributed by atoms with Crippen LogP contribution < -0.4 is 9.80 Å². The van der Waals surface area contributed by atoms with Crippen LogP contribution in [0, 0.1) is 12.7 Å². The van der Waals surface area contributed by atoms with Gasteiger partial charge < -0.3 is 9.80 Å². The molecule has 6 nitrogen and oxygen atoms in total. The summed E-state index contributed by atoms with van der Waals surface area (Å²) in [5, 5.41) is -1.10. The fraction of sp³-hybridized carbons (Fsp3) is 0.419. The van der Waals surface area contributed by atoms with Crippen LogP contribution in [-0.2, 0) is 32.4 Å². The Morgan fingerprint density at radius 1 is 0.867 bits per heavy atom. The van der Waals surface area contributed by atoms with Gasteiger partial charge >= 0.3 is 12.4 Å². The quantitative estimate of drug-likeness (QED) is 0.278. The average Bonchev–Trinajstić information content (AvgIpc) is 3.10. The van der Waals surface area contributed by atoms with Crippen molar-refractivity contribution in [3.63, 3.8) is 0 Å². The zero-order chi connectivity index (χ0) is 33.3. The molecule has 2 atom stereocenters. The van der Waals surface area contributed by atoms with Crippen LogP contribution in [0.25, 0.3) is 11.1 Å². The molecule has 0 saturated carbocycles. The summed E-state index contributed by atoms with van der Waals surface area (Å²) in [6.07, 6.45) is -7.78. The standard InChI is InChI=1S/C31H30F7N3O3S/c1-17-9-21(32)5-8-24(17)25-13-27(41-15-22-6-7-23(16-41)45(22,43)44)39-14-26(25)40(4)28(42)29(2,3)18-10-19(30(33,34)35)12-20(11-18)31(36,37)38/h5,8-14,22-23H,6-7,15-16H2,1-4H3. The van der Waals surface area contributed by atoms with Crippen molar-refractivity contribution in [3.05, 3.63) is 76.7 Å². The molecule has 3 aromatic rings. The highest BCUT2D eigenvalue weighted by molar-refractivity contribution is 7.93. The number of rotatable bonds is 5. The molecule has 2 saturated heterocycles. The SMILES string of the molecule is Cc1cc(F)ccc1-c1cc(N2CC3CCC(C2)S3(=O)=O)ncc1N(C)C(=O)C(C)(C)c1cc(C(F)(F)F)cc(C(F)(F)F)c1. The third-order valence-corrected chi connectivity index (χ3v) is 11.4.